The number of carbonyl (C=O) groups is 1. The van der Waals surface area contributed by atoms with Gasteiger partial charge in [0, 0.05) is 15.7 Å². The lowest BCUT2D eigenvalue weighted by Crippen LogP contribution is -2.30. The molecule has 0 aromatic heterocycles. The van der Waals surface area contributed by atoms with E-state index < -0.39 is 6.10 Å². The van der Waals surface area contributed by atoms with Crippen LogP contribution in [0.25, 0.3) is 0 Å². The standard InChI is InChI=1S/C16H15Cl2NO2/c1-10-5-3-4-6-15(10)19-16(20)11(2)21-14-8-12(17)7-13(18)9-14/h3-9,11H,1-2H3,(H,19,20). The molecule has 0 fully saturated rings. The monoisotopic (exact) mass is 323 g/mol. The highest BCUT2D eigenvalue weighted by Gasteiger charge is 2.16. The number of anilines is 1. The lowest BCUT2D eigenvalue weighted by atomic mass is 10.2. The highest BCUT2D eigenvalue weighted by molar-refractivity contribution is 6.34. The lowest BCUT2D eigenvalue weighted by molar-refractivity contribution is -0.122. The molecule has 0 aliphatic heterocycles. The zero-order chi connectivity index (χ0) is 15.4. The molecule has 0 saturated heterocycles. The van der Waals surface area contributed by atoms with Crippen molar-refractivity contribution in [3.63, 3.8) is 0 Å². The van der Waals surface area contributed by atoms with E-state index in [-0.39, 0.29) is 5.91 Å². The minimum atomic E-state index is -0.667. The SMILES string of the molecule is Cc1ccccc1NC(=O)C(C)Oc1cc(Cl)cc(Cl)c1. The molecule has 5 heteroatoms. The first-order valence-corrected chi connectivity index (χ1v) is 7.20. The van der Waals surface area contributed by atoms with Gasteiger partial charge in [-0.05, 0) is 43.7 Å². The van der Waals surface area contributed by atoms with Gasteiger partial charge in [-0.1, -0.05) is 41.4 Å². The van der Waals surface area contributed by atoms with Crippen molar-refractivity contribution >= 4 is 34.8 Å². The molecule has 0 spiro atoms. The summed E-state index contributed by atoms with van der Waals surface area (Å²) < 4.78 is 5.57. The van der Waals surface area contributed by atoms with E-state index in [4.69, 9.17) is 27.9 Å². The van der Waals surface area contributed by atoms with E-state index in [1.165, 1.54) is 0 Å². The molecular formula is C16H15Cl2NO2. The largest absolute Gasteiger partial charge is 0.481 e. The molecule has 110 valence electrons. The summed E-state index contributed by atoms with van der Waals surface area (Å²) in [6.45, 7) is 3.60. The molecule has 3 nitrogen and oxygen atoms in total. The zero-order valence-electron chi connectivity index (χ0n) is 11.7. The summed E-state index contributed by atoms with van der Waals surface area (Å²) in [6, 6.07) is 12.4. The van der Waals surface area contributed by atoms with Gasteiger partial charge < -0.3 is 10.1 Å². The number of hydrogen-bond donors (Lipinski definition) is 1. The van der Waals surface area contributed by atoms with Gasteiger partial charge in [-0.25, -0.2) is 0 Å². The first-order valence-electron chi connectivity index (χ1n) is 6.45. The van der Waals surface area contributed by atoms with E-state index in [9.17, 15) is 4.79 Å². The van der Waals surface area contributed by atoms with Crippen LogP contribution in [0, 0.1) is 6.92 Å². The van der Waals surface area contributed by atoms with Crippen LogP contribution in [-0.4, -0.2) is 12.0 Å². The Balaban J connectivity index is 2.04. The predicted octanol–water partition coefficient (Wildman–Crippen LogP) is 4.71. The van der Waals surface area contributed by atoms with Crippen molar-refractivity contribution in [3.05, 3.63) is 58.1 Å². The second-order valence-electron chi connectivity index (χ2n) is 4.67. The second kappa shape index (κ2) is 6.83. The van der Waals surface area contributed by atoms with E-state index in [0.29, 0.717) is 15.8 Å². The molecule has 1 unspecified atom stereocenters. The maximum absolute atomic E-state index is 12.1. The number of rotatable bonds is 4. The molecule has 1 amide bonds. The summed E-state index contributed by atoms with van der Waals surface area (Å²) in [7, 11) is 0. The first-order chi connectivity index (χ1) is 9.95. The van der Waals surface area contributed by atoms with E-state index >= 15 is 0 Å². The van der Waals surface area contributed by atoms with Gasteiger partial charge in [0.1, 0.15) is 5.75 Å². The third-order valence-corrected chi connectivity index (χ3v) is 3.36. The maximum atomic E-state index is 12.1. The molecule has 0 aliphatic carbocycles. The van der Waals surface area contributed by atoms with Crippen molar-refractivity contribution in [3.8, 4) is 5.75 Å². The van der Waals surface area contributed by atoms with Crippen LogP contribution in [0.3, 0.4) is 0 Å². The predicted molar refractivity (Wildman–Crippen MR) is 86.4 cm³/mol. The summed E-state index contributed by atoms with van der Waals surface area (Å²) in [5.74, 6) is 0.223. The van der Waals surface area contributed by atoms with Crippen LogP contribution >= 0.6 is 23.2 Å². The van der Waals surface area contributed by atoms with Crippen LogP contribution in [0.1, 0.15) is 12.5 Å². The Labute approximate surface area is 133 Å². The molecule has 0 aliphatic rings. The number of carbonyl (C=O) groups excluding carboxylic acids is 1. The average molecular weight is 324 g/mol. The summed E-state index contributed by atoms with van der Waals surface area (Å²) >= 11 is 11.8. The number of nitrogens with one attached hydrogen (secondary N) is 1. The van der Waals surface area contributed by atoms with Crippen LogP contribution in [-0.2, 0) is 4.79 Å². The molecule has 0 bridgehead atoms. The molecule has 1 atom stereocenters. The summed E-state index contributed by atoms with van der Waals surface area (Å²) in [4.78, 5) is 12.1. The van der Waals surface area contributed by atoms with Gasteiger partial charge in [-0.15, -0.1) is 0 Å². The van der Waals surface area contributed by atoms with Gasteiger partial charge >= 0.3 is 0 Å². The lowest BCUT2D eigenvalue weighted by Gasteiger charge is -2.16. The van der Waals surface area contributed by atoms with Crippen molar-refractivity contribution in [2.45, 2.75) is 20.0 Å². The Morgan fingerprint density at radius 1 is 1.14 bits per heavy atom. The van der Waals surface area contributed by atoms with Gasteiger partial charge in [0.25, 0.3) is 5.91 Å². The van der Waals surface area contributed by atoms with Gasteiger partial charge in [-0.2, -0.15) is 0 Å². The van der Waals surface area contributed by atoms with E-state index in [1.54, 1.807) is 25.1 Å². The summed E-state index contributed by atoms with van der Waals surface area (Å²) in [5, 5.41) is 3.75. The molecule has 2 aromatic carbocycles. The minimum Gasteiger partial charge on any atom is -0.481 e. The zero-order valence-corrected chi connectivity index (χ0v) is 13.2. The second-order valence-corrected chi connectivity index (χ2v) is 5.54. The number of benzene rings is 2. The Morgan fingerprint density at radius 2 is 1.76 bits per heavy atom. The molecule has 2 aromatic rings. The highest BCUT2D eigenvalue weighted by Crippen LogP contribution is 2.25. The average Bonchev–Trinajstić information content (AvgIpc) is 2.40. The Morgan fingerprint density at radius 3 is 2.38 bits per heavy atom. The Bertz CT molecular complexity index is 638. The van der Waals surface area contributed by atoms with E-state index in [0.717, 1.165) is 11.3 Å². The number of hydrogen-bond acceptors (Lipinski definition) is 2. The van der Waals surface area contributed by atoms with Crippen molar-refractivity contribution < 1.29 is 9.53 Å². The summed E-state index contributed by atoms with van der Waals surface area (Å²) in [5.41, 5.74) is 1.76. The number of aryl methyl sites for hydroxylation is 1. The maximum Gasteiger partial charge on any atom is 0.265 e. The van der Waals surface area contributed by atoms with Crippen molar-refractivity contribution in [2.24, 2.45) is 0 Å². The fourth-order valence-corrected chi connectivity index (χ4v) is 2.31. The number of halogens is 2. The molecule has 0 saturated carbocycles. The molecule has 0 radical (unpaired) electrons. The summed E-state index contributed by atoms with van der Waals surface area (Å²) in [6.07, 6.45) is -0.667. The molecular weight excluding hydrogens is 309 g/mol. The smallest absolute Gasteiger partial charge is 0.265 e. The topological polar surface area (TPSA) is 38.3 Å². The molecule has 21 heavy (non-hydrogen) atoms. The quantitative estimate of drug-likeness (QED) is 0.885. The normalized spacial score (nSPS) is 11.8. The van der Waals surface area contributed by atoms with E-state index in [2.05, 4.69) is 5.32 Å². The van der Waals surface area contributed by atoms with Crippen molar-refractivity contribution in [2.75, 3.05) is 5.32 Å². The molecule has 0 heterocycles. The van der Waals surface area contributed by atoms with Crippen molar-refractivity contribution in [1.82, 2.24) is 0 Å². The first kappa shape index (κ1) is 15.7. The Kier molecular flexibility index (Phi) is 5.10. The van der Waals surface area contributed by atoms with E-state index in [1.807, 2.05) is 31.2 Å². The fourth-order valence-electron chi connectivity index (χ4n) is 1.80. The van der Waals surface area contributed by atoms with Gasteiger partial charge in [-0.3, -0.25) is 4.79 Å². The third-order valence-electron chi connectivity index (χ3n) is 2.92. The third kappa shape index (κ3) is 4.38. The molecule has 1 N–H and O–H groups in total. The number of para-hydroxylation sites is 1. The number of amides is 1. The highest BCUT2D eigenvalue weighted by atomic mass is 35.5. The fraction of sp³-hybridized carbons (Fsp3) is 0.188. The van der Waals surface area contributed by atoms with Crippen LogP contribution in [0.2, 0.25) is 10.0 Å². The van der Waals surface area contributed by atoms with Gasteiger partial charge in [0.05, 0.1) is 0 Å². The van der Waals surface area contributed by atoms with Crippen LogP contribution in [0.4, 0.5) is 5.69 Å². The van der Waals surface area contributed by atoms with Gasteiger partial charge in [0.15, 0.2) is 6.10 Å². The van der Waals surface area contributed by atoms with Crippen LogP contribution in [0.5, 0.6) is 5.75 Å². The minimum absolute atomic E-state index is 0.236. The van der Waals surface area contributed by atoms with Crippen molar-refractivity contribution in [1.29, 1.82) is 0 Å². The Hall–Kier alpha value is -1.71. The molecule has 2 rings (SSSR count). The van der Waals surface area contributed by atoms with Crippen LogP contribution < -0.4 is 10.1 Å². The number of ether oxygens (including phenoxy) is 1. The van der Waals surface area contributed by atoms with Crippen LogP contribution in [0.15, 0.2) is 42.5 Å². The van der Waals surface area contributed by atoms with Gasteiger partial charge in [0.2, 0.25) is 0 Å².